The van der Waals surface area contributed by atoms with E-state index in [4.69, 9.17) is 27.4 Å². The van der Waals surface area contributed by atoms with Crippen LogP contribution in [-0.2, 0) is 25.5 Å². The zero-order chi connectivity index (χ0) is 30.3. The Bertz CT molecular complexity index is 1470. The minimum absolute atomic E-state index is 0.00935. The molecule has 4 rings (SSSR count). The van der Waals surface area contributed by atoms with Gasteiger partial charge in [-0.25, -0.2) is 4.79 Å². The van der Waals surface area contributed by atoms with E-state index in [2.05, 4.69) is 27.7 Å². The Morgan fingerprint density at radius 2 is 1.55 bits per heavy atom. The third-order valence-corrected chi connectivity index (χ3v) is 8.11. The summed E-state index contributed by atoms with van der Waals surface area (Å²) in [6, 6.07) is 20.5. The van der Waals surface area contributed by atoms with Gasteiger partial charge in [0.1, 0.15) is 0 Å². The number of piperazine rings is 1. The number of aryl methyl sites for hydroxylation is 1. The molecule has 0 spiro atoms. The SMILES string of the molecule is CC(OS(C)(=O)=O)c1cc(Cl)c(NC(=O)N2CCN(c3ccc(NC(=O)CCCc4ccccc4)cc3)CC2)c(Cl)c1. The number of hydrogen-bond donors (Lipinski definition) is 2. The van der Waals surface area contributed by atoms with Crippen molar-refractivity contribution in [3.8, 4) is 0 Å². The highest BCUT2D eigenvalue weighted by Crippen LogP contribution is 2.35. The van der Waals surface area contributed by atoms with E-state index >= 15 is 0 Å². The molecule has 0 radical (unpaired) electrons. The summed E-state index contributed by atoms with van der Waals surface area (Å²) in [4.78, 5) is 29.2. The topological polar surface area (TPSA) is 108 Å². The average molecular weight is 634 g/mol. The molecule has 1 aliphatic heterocycles. The maximum Gasteiger partial charge on any atom is 0.322 e. The minimum atomic E-state index is -3.67. The van der Waals surface area contributed by atoms with Gasteiger partial charge < -0.3 is 20.4 Å². The summed E-state index contributed by atoms with van der Waals surface area (Å²) in [6.07, 6.45) is 2.28. The van der Waals surface area contributed by atoms with Crippen molar-refractivity contribution in [1.29, 1.82) is 0 Å². The van der Waals surface area contributed by atoms with Gasteiger partial charge in [0.05, 0.1) is 28.1 Å². The predicted molar refractivity (Wildman–Crippen MR) is 168 cm³/mol. The lowest BCUT2D eigenvalue weighted by Crippen LogP contribution is -2.50. The molecular formula is C30H34Cl2N4O5S. The number of benzene rings is 3. The van der Waals surface area contributed by atoms with Gasteiger partial charge in [0, 0.05) is 44.0 Å². The van der Waals surface area contributed by atoms with Crippen LogP contribution in [0.4, 0.5) is 21.9 Å². The van der Waals surface area contributed by atoms with E-state index in [0.717, 1.165) is 30.5 Å². The largest absolute Gasteiger partial charge is 0.368 e. The van der Waals surface area contributed by atoms with Crippen LogP contribution in [0.5, 0.6) is 0 Å². The molecule has 0 aromatic heterocycles. The van der Waals surface area contributed by atoms with Crippen LogP contribution in [0.2, 0.25) is 10.0 Å². The maximum atomic E-state index is 13.0. The molecule has 9 nitrogen and oxygen atoms in total. The highest BCUT2D eigenvalue weighted by atomic mass is 35.5. The predicted octanol–water partition coefficient (Wildman–Crippen LogP) is 6.35. The lowest BCUT2D eigenvalue weighted by molar-refractivity contribution is -0.116. The van der Waals surface area contributed by atoms with Crippen LogP contribution in [0.15, 0.2) is 66.7 Å². The standard InChI is InChI=1S/C30H34Cl2N4O5S/c1-21(41-42(2,39)40)23-19-26(31)29(27(32)20-23)34-30(38)36-17-15-35(16-18-36)25-13-11-24(12-14-25)33-28(37)10-6-9-22-7-4-3-5-8-22/h3-5,7-8,11-14,19-21H,6,9-10,15-18H2,1-2H3,(H,33,37)(H,34,38). The summed E-state index contributed by atoms with van der Waals surface area (Å²) in [5.41, 5.74) is 3.69. The number of rotatable bonds is 10. The van der Waals surface area contributed by atoms with Gasteiger partial charge in [0.2, 0.25) is 5.91 Å². The van der Waals surface area contributed by atoms with Crippen LogP contribution >= 0.6 is 23.2 Å². The van der Waals surface area contributed by atoms with E-state index in [-0.39, 0.29) is 27.7 Å². The van der Waals surface area contributed by atoms with Crippen molar-refractivity contribution < 1.29 is 22.2 Å². The second-order valence-corrected chi connectivity index (χ2v) is 12.6. The van der Waals surface area contributed by atoms with Crippen molar-refractivity contribution in [2.24, 2.45) is 0 Å². The third kappa shape index (κ3) is 9.09. The fourth-order valence-corrected chi connectivity index (χ4v) is 5.93. The number of nitrogens with zero attached hydrogens (tertiary/aromatic N) is 2. The fraction of sp³-hybridized carbons (Fsp3) is 0.333. The molecule has 1 atom stereocenters. The van der Waals surface area contributed by atoms with E-state index in [9.17, 15) is 18.0 Å². The van der Waals surface area contributed by atoms with Crippen molar-refractivity contribution in [2.75, 3.05) is 48.0 Å². The van der Waals surface area contributed by atoms with Crippen molar-refractivity contribution >= 4 is 62.3 Å². The molecular weight excluding hydrogens is 599 g/mol. The number of amides is 3. The molecule has 3 amide bonds. The monoisotopic (exact) mass is 632 g/mol. The van der Waals surface area contributed by atoms with Gasteiger partial charge in [0.25, 0.3) is 10.1 Å². The number of nitrogens with one attached hydrogen (secondary N) is 2. The van der Waals surface area contributed by atoms with E-state index in [1.165, 1.54) is 17.7 Å². The average Bonchev–Trinajstić information content (AvgIpc) is 2.95. The molecule has 1 unspecified atom stereocenters. The van der Waals surface area contributed by atoms with Crippen LogP contribution in [0.1, 0.15) is 37.0 Å². The first-order valence-corrected chi connectivity index (χ1v) is 16.2. The van der Waals surface area contributed by atoms with E-state index in [1.807, 2.05) is 42.5 Å². The van der Waals surface area contributed by atoms with Crippen molar-refractivity contribution in [2.45, 2.75) is 32.3 Å². The summed E-state index contributed by atoms with van der Waals surface area (Å²) in [7, 11) is -3.67. The van der Waals surface area contributed by atoms with Gasteiger partial charge >= 0.3 is 6.03 Å². The fourth-order valence-electron chi connectivity index (χ4n) is 4.70. The zero-order valence-corrected chi connectivity index (χ0v) is 25.8. The summed E-state index contributed by atoms with van der Waals surface area (Å²) in [5, 5.41) is 6.09. The van der Waals surface area contributed by atoms with Crippen LogP contribution < -0.4 is 15.5 Å². The zero-order valence-electron chi connectivity index (χ0n) is 23.5. The normalized spacial score (nSPS) is 14.4. The van der Waals surface area contributed by atoms with E-state index in [1.54, 1.807) is 11.8 Å². The van der Waals surface area contributed by atoms with Gasteiger partial charge in [-0.15, -0.1) is 0 Å². The number of carbonyl (C=O) groups is 2. The second kappa shape index (κ2) is 14.2. The molecule has 0 saturated carbocycles. The first-order chi connectivity index (χ1) is 20.0. The number of urea groups is 1. The molecule has 12 heteroatoms. The molecule has 1 heterocycles. The molecule has 3 aromatic rings. The molecule has 0 bridgehead atoms. The van der Waals surface area contributed by atoms with Gasteiger partial charge in [-0.1, -0.05) is 53.5 Å². The van der Waals surface area contributed by atoms with Gasteiger partial charge in [0.15, 0.2) is 0 Å². The highest BCUT2D eigenvalue weighted by Gasteiger charge is 2.24. The Balaban J connectivity index is 1.24. The van der Waals surface area contributed by atoms with Crippen LogP contribution in [0.3, 0.4) is 0 Å². The summed E-state index contributed by atoms with van der Waals surface area (Å²) in [5.74, 6) is -0.00935. The molecule has 1 aliphatic rings. The molecule has 3 aromatic carbocycles. The summed E-state index contributed by atoms with van der Waals surface area (Å²) in [6.45, 7) is 3.79. The Kier molecular flexibility index (Phi) is 10.7. The molecule has 0 aliphatic carbocycles. The number of halogens is 2. The molecule has 1 fully saturated rings. The van der Waals surface area contributed by atoms with Gasteiger partial charge in [-0.3, -0.25) is 8.98 Å². The number of carbonyl (C=O) groups excluding carboxylic acids is 2. The Morgan fingerprint density at radius 3 is 2.14 bits per heavy atom. The Hall–Kier alpha value is -3.31. The molecule has 224 valence electrons. The molecule has 1 saturated heterocycles. The minimum Gasteiger partial charge on any atom is -0.368 e. The van der Waals surface area contributed by atoms with Crippen molar-refractivity contribution in [3.05, 3.63) is 87.9 Å². The quantitative estimate of drug-likeness (QED) is 0.252. The van der Waals surface area contributed by atoms with Gasteiger partial charge in [-0.05, 0) is 67.3 Å². The smallest absolute Gasteiger partial charge is 0.322 e. The van der Waals surface area contributed by atoms with Crippen LogP contribution in [0.25, 0.3) is 0 Å². The van der Waals surface area contributed by atoms with E-state index < -0.39 is 16.2 Å². The van der Waals surface area contributed by atoms with Crippen molar-refractivity contribution in [3.63, 3.8) is 0 Å². The Morgan fingerprint density at radius 1 is 0.929 bits per heavy atom. The first-order valence-electron chi connectivity index (χ1n) is 13.6. The second-order valence-electron chi connectivity index (χ2n) is 10.1. The number of anilines is 3. The Labute approximate surface area is 256 Å². The number of hydrogen-bond acceptors (Lipinski definition) is 6. The first kappa shape index (κ1) is 31.6. The highest BCUT2D eigenvalue weighted by molar-refractivity contribution is 7.86. The van der Waals surface area contributed by atoms with Crippen molar-refractivity contribution in [1.82, 2.24) is 4.90 Å². The summed E-state index contributed by atoms with van der Waals surface area (Å²) >= 11 is 12.7. The van der Waals surface area contributed by atoms with Crippen LogP contribution in [-0.4, -0.2) is 57.7 Å². The van der Waals surface area contributed by atoms with Crippen LogP contribution in [0, 0.1) is 0 Å². The van der Waals surface area contributed by atoms with E-state index in [0.29, 0.717) is 38.2 Å². The summed E-state index contributed by atoms with van der Waals surface area (Å²) < 4.78 is 27.9. The lowest BCUT2D eigenvalue weighted by atomic mass is 10.1. The van der Waals surface area contributed by atoms with Gasteiger partial charge in [-0.2, -0.15) is 8.42 Å². The maximum absolute atomic E-state index is 13.0. The molecule has 42 heavy (non-hydrogen) atoms. The third-order valence-electron chi connectivity index (χ3n) is 6.88. The molecule has 2 N–H and O–H groups in total. The lowest BCUT2D eigenvalue weighted by Gasteiger charge is -2.36.